The largest absolute Gasteiger partial charge is 0.493 e. The molecule has 19 heavy (non-hydrogen) atoms. The van der Waals surface area contributed by atoms with Gasteiger partial charge in [0.2, 0.25) is 0 Å². The van der Waals surface area contributed by atoms with Crippen LogP contribution < -0.4 is 10.1 Å². The molecule has 2 nitrogen and oxygen atoms in total. The van der Waals surface area contributed by atoms with E-state index in [4.69, 9.17) is 4.74 Å². The average Bonchev–Trinajstić information content (AvgIpc) is 2.92. The summed E-state index contributed by atoms with van der Waals surface area (Å²) in [7, 11) is 0. The average molecular weight is 259 g/mol. The standard InChI is InChI=1S/C17H25NO/c1-16(2)8-9-17(3,11-16)12-19-15-6-4-5-14-13(15)7-10-18-14/h4-6,18H,7-12H2,1-3H3. The second kappa shape index (κ2) is 4.43. The molecule has 3 rings (SSSR count). The monoisotopic (exact) mass is 259 g/mol. The van der Waals surface area contributed by atoms with Crippen molar-refractivity contribution in [1.82, 2.24) is 0 Å². The van der Waals surface area contributed by atoms with Crippen LogP contribution in [0.15, 0.2) is 18.2 Å². The van der Waals surface area contributed by atoms with Crippen molar-refractivity contribution >= 4 is 5.69 Å². The van der Waals surface area contributed by atoms with Crippen molar-refractivity contribution in [3.05, 3.63) is 23.8 Å². The highest BCUT2D eigenvalue weighted by atomic mass is 16.5. The minimum Gasteiger partial charge on any atom is -0.493 e. The van der Waals surface area contributed by atoms with Crippen LogP contribution in [-0.4, -0.2) is 13.2 Å². The van der Waals surface area contributed by atoms with E-state index in [9.17, 15) is 0 Å². The van der Waals surface area contributed by atoms with Gasteiger partial charge >= 0.3 is 0 Å². The highest BCUT2D eigenvalue weighted by molar-refractivity contribution is 5.61. The van der Waals surface area contributed by atoms with E-state index >= 15 is 0 Å². The summed E-state index contributed by atoms with van der Waals surface area (Å²) < 4.78 is 6.19. The van der Waals surface area contributed by atoms with Gasteiger partial charge in [-0.1, -0.05) is 26.8 Å². The van der Waals surface area contributed by atoms with E-state index in [1.807, 2.05) is 0 Å². The Morgan fingerprint density at radius 1 is 1.21 bits per heavy atom. The predicted molar refractivity (Wildman–Crippen MR) is 79.9 cm³/mol. The molecule has 1 saturated carbocycles. The van der Waals surface area contributed by atoms with Crippen molar-refractivity contribution in [2.24, 2.45) is 10.8 Å². The zero-order chi connectivity index (χ0) is 13.5. The third-order valence-corrected chi connectivity index (χ3v) is 4.71. The van der Waals surface area contributed by atoms with Crippen molar-refractivity contribution in [1.29, 1.82) is 0 Å². The third-order valence-electron chi connectivity index (χ3n) is 4.71. The van der Waals surface area contributed by atoms with Gasteiger partial charge in [0.1, 0.15) is 5.75 Å². The third kappa shape index (κ3) is 2.58. The van der Waals surface area contributed by atoms with Crippen LogP contribution in [0.5, 0.6) is 5.75 Å². The van der Waals surface area contributed by atoms with E-state index in [1.54, 1.807) is 0 Å². The number of hydrogen-bond acceptors (Lipinski definition) is 2. The van der Waals surface area contributed by atoms with Crippen LogP contribution in [-0.2, 0) is 6.42 Å². The van der Waals surface area contributed by atoms with E-state index < -0.39 is 0 Å². The first kappa shape index (κ1) is 12.8. The number of fused-ring (bicyclic) bond motifs is 1. The Morgan fingerprint density at radius 2 is 2.05 bits per heavy atom. The van der Waals surface area contributed by atoms with Gasteiger partial charge in [0, 0.05) is 23.2 Å². The van der Waals surface area contributed by atoms with Crippen LogP contribution in [0, 0.1) is 10.8 Å². The summed E-state index contributed by atoms with van der Waals surface area (Å²) in [5.41, 5.74) is 3.45. The first-order valence-corrected chi connectivity index (χ1v) is 7.46. The van der Waals surface area contributed by atoms with E-state index in [1.165, 1.54) is 30.5 Å². The number of hydrogen-bond donors (Lipinski definition) is 1. The second-order valence-corrected chi connectivity index (χ2v) is 7.40. The lowest BCUT2D eigenvalue weighted by Gasteiger charge is -2.27. The summed E-state index contributed by atoms with van der Waals surface area (Å²) in [4.78, 5) is 0. The molecule has 2 aliphatic rings. The molecular weight excluding hydrogens is 234 g/mol. The molecule has 1 unspecified atom stereocenters. The smallest absolute Gasteiger partial charge is 0.124 e. The molecule has 1 fully saturated rings. The molecule has 0 spiro atoms. The maximum atomic E-state index is 6.19. The molecule has 1 heterocycles. The van der Waals surface area contributed by atoms with Gasteiger partial charge in [-0.3, -0.25) is 0 Å². The maximum Gasteiger partial charge on any atom is 0.124 e. The highest BCUT2D eigenvalue weighted by Gasteiger charge is 2.40. The van der Waals surface area contributed by atoms with Gasteiger partial charge in [-0.05, 0) is 43.2 Å². The summed E-state index contributed by atoms with van der Waals surface area (Å²) in [5, 5.41) is 3.41. The maximum absolute atomic E-state index is 6.19. The lowest BCUT2D eigenvalue weighted by atomic mass is 9.84. The Balaban J connectivity index is 1.69. The van der Waals surface area contributed by atoms with Crippen LogP contribution in [0.4, 0.5) is 5.69 Å². The van der Waals surface area contributed by atoms with Gasteiger partial charge in [0.15, 0.2) is 0 Å². The molecule has 1 aromatic carbocycles. The summed E-state index contributed by atoms with van der Waals surface area (Å²) >= 11 is 0. The molecule has 1 aliphatic carbocycles. The van der Waals surface area contributed by atoms with E-state index in [0.29, 0.717) is 10.8 Å². The summed E-state index contributed by atoms with van der Waals surface area (Å²) in [5.74, 6) is 1.09. The molecule has 1 N–H and O–H groups in total. The SMILES string of the molecule is CC1(C)CCC(C)(COc2cccc3c2CCN3)C1. The topological polar surface area (TPSA) is 21.3 Å². The Morgan fingerprint density at radius 3 is 2.79 bits per heavy atom. The molecule has 1 atom stereocenters. The predicted octanol–water partition coefficient (Wildman–Crippen LogP) is 4.25. The molecule has 0 bridgehead atoms. The molecule has 0 aromatic heterocycles. The zero-order valence-electron chi connectivity index (χ0n) is 12.4. The molecule has 104 valence electrons. The number of rotatable bonds is 3. The van der Waals surface area contributed by atoms with Gasteiger partial charge in [-0.25, -0.2) is 0 Å². The van der Waals surface area contributed by atoms with Crippen molar-refractivity contribution in [3.8, 4) is 5.75 Å². The fraction of sp³-hybridized carbons (Fsp3) is 0.647. The van der Waals surface area contributed by atoms with Crippen molar-refractivity contribution in [2.75, 3.05) is 18.5 Å². The van der Waals surface area contributed by atoms with Crippen molar-refractivity contribution < 1.29 is 4.74 Å². The summed E-state index contributed by atoms with van der Waals surface area (Å²) in [6.07, 6.45) is 4.97. The first-order chi connectivity index (χ1) is 8.98. The molecule has 2 heteroatoms. The number of benzene rings is 1. The molecule has 0 saturated heterocycles. The van der Waals surface area contributed by atoms with Gasteiger partial charge in [-0.2, -0.15) is 0 Å². The Bertz CT molecular complexity index is 480. The molecular formula is C17H25NO. The molecule has 0 radical (unpaired) electrons. The van der Waals surface area contributed by atoms with Crippen LogP contribution in [0.1, 0.15) is 45.6 Å². The first-order valence-electron chi connectivity index (χ1n) is 7.46. The van der Waals surface area contributed by atoms with Crippen LogP contribution in [0.2, 0.25) is 0 Å². The quantitative estimate of drug-likeness (QED) is 0.876. The van der Waals surface area contributed by atoms with Gasteiger partial charge < -0.3 is 10.1 Å². The lowest BCUT2D eigenvalue weighted by molar-refractivity contribution is 0.153. The van der Waals surface area contributed by atoms with Crippen LogP contribution >= 0.6 is 0 Å². The minimum absolute atomic E-state index is 0.345. The van der Waals surface area contributed by atoms with Gasteiger partial charge in [0.25, 0.3) is 0 Å². The van der Waals surface area contributed by atoms with E-state index in [2.05, 4.69) is 44.3 Å². The number of anilines is 1. The minimum atomic E-state index is 0.345. The van der Waals surface area contributed by atoms with E-state index in [-0.39, 0.29) is 0 Å². The highest BCUT2D eigenvalue weighted by Crippen LogP contribution is 2.49. The Kier molecular flexibility index (Phi) is 2.99. The number of ether oxygens (including phenoxy) is 1. The Labute approximate surface area is 116 Å². The van der Waals surface area contributed by atoms with Crippen molar-refractivity contribution in [2.45, 2.75) is 46.5 Å². The normalized spacial score (nSPS) is 27.9. The Hall–Kier alpha value is -1.18. The van der Waals surface area contributed by atoms with Crippen LogP contribution in [0.25, 0.3) is 0 Å². The summed E-state index contributed by atoms with van der Waals surface area (Å²) in [6, 6.07) is 6.36. The number of nitrogens with one attached hydrogen (secondary N) is 1. The van der Waals surface area contributed by atoms with E-state index in [0.717, 1.165) is 25.3 Å². The molecule has 1 aromatic rings. The van der Waals surface area contributed by atoms with Gasteiger partial charge in [-0.15, -0.1) is 0 Å². The molecule has 1 aliphatic heterocycles. The zero-order valence-corrected chi connectivity index (χ0v) is 12.4. The van der Waals surface area contributed by atoms with Crippen LogP contribution in [0.3, 0.4) is 0 Å². The summed E-state index contributed by atoms with van der Waals surface area (Å²) in [6.45, 7) is 9.03. The fourth-order valence-electron chi connectivity index (χ4n) is 3.79. The second-order valence-electron chi connectivity index (χ2n) is 7.40. The van der Waals surface area contributed by atoms with Crippen molar-refractivity contribution in [3.63, 3.8) is 0 Å². The molecule has 0 amide bonds. The lowest BCUT2D eigenvalue weighted by Crippen LogP contribution is -2.23. The van der Waals surface area contributed by atoms with Gasteiger partial charge in [0.05, 0.1) is 6.61 Å². The fourth-order valence-corrected chi connectivity index (χ4v) is 3.79.